The van der Waals surface area contributed by atoms with Gasteiger partial charge >= 0.3 is 0 Å². The zero-order chi connectivity index (χ0) is 9.61. The first-order valence-electron chi connectivity index (χ1n) is 4.00. The number of hydrogen-bond donors (Lipinski definition) is 0. The van der Waals surface area contributed by atoms with Crippen molar-refractivity contribution in [3.05, 3.63) is 37.6 Å². The van der Waals surface area contributed by atoms with E-state index >= 15 is 0 Å². The van der Waals surface area contributed by atoms with Gasteiger partial charge in [0.15, 0.2) is 0 Å². The molecule has 1 heteroatoms. The summed E-state index contributed by atoms with van der Waals surface area (Å²) in [5, 5.41) is 0. The molecule has 0 bridgehead atoms. The fourth-order valence-electron chi connectivity index (χ4n) is 0.744. The first-order valence-corrected chi connectivity index (χ1v) is 4.00. The Morgan fingerprint density at radius 2 is 1.83 bits per heavy atom. The Hall–Kier alpha value is -1.11. The van der Waals surface area contributed by atoms with Crippen LogP contribution >= 0.6 is 0 Å². The van der Waals surface area contributed by atoms with Crippen molar-refractivity contribution < 1.29 is 0 Å². The lowest BCUT2D eigenvalue weighted by molar-refractivity contribution is 0.594. The summed E-state index contributed by atoms with van der Waals surface area (Å²) < 4.78 is 0. The molecule has 0 aromatic heterocycles. The van der Waals surface area contributed by atoms with E-state index in [0.29, 0.717) is 0 Å². The smallest absolute Gasteiger partial charge is 0.0456 e. The second kappa shape index (κ2) is 4.70. The molecule has 0 spiro atoms. The van der Waals surface area contributed by atoms with E-state index in [2.05, 4.69) is 38.9 Å². The van der Waals surface area contributed by atoms with Gasteiger partial charge in [-0.15, -0.1) is 0 Å². The molecule has 1 nitrogen and oxygen atoms in total. The largest absolute Gasteiger partial charge is 0.261 e. The molecule has 0 rings (SSSR count). The van der Waals surface area contributed by atoms with Gasteiger partial charge in [-0.2, -0.15) is 0 Å². The topological polar surface area (TPSA) is 12.4 Å². The summed E-state index contributed by atoms with van der Waals surface area (Å²) in [5.41, 5.74) is 1.07. The maximum Gasteiger partial charge on any atom is 0.0456 e. The van der Waals surface area contributed by atoms with Crippen LogP contribution in [0.15, 0.2) is 42.6 Å². The van der Waals surface area contributed by atoms with Crippen LogP contribution in [-0.2, 0) is 0 Å². The summed E-state index contributed by atoms with van der Waals surface area (Å²) in [4.78, 5) is 4.18. The summed E-state index contributed by atoms with van der Waals surface area (Å²) in [5.74, 6) is 0. The van der Waals surface area contributed by atoms with Gasteiger partial charge in [-0.1, -0.05) is 46.1 Å². The van der Waals surface area contributed by atoms with Crippen molar-refractivity contribution in [1.82, 2.24) is 0 Å². The number of allylic oxidation sites excluding steroid dienone is 3. The van der Waals surface area contributed by atoms with Crippen LogP contribution in [0.1, 0.15) is 20.8 Å². The monoisotopic (exact) mass is 163 g/mol. The van der Waals surface area contributed by atoms with Crippen molar-refractivity contribution in [3.8, 4) is 0 Å². The van der Waals surface area contributed by atoms with E-state index in [9.17, 15) is 0 Å². The van der Waals surface area contributed by atoms with E-state index < -0.39 is 0 Å². The minimum absolute atomic E-state index is 0.0632. The van der Waals surface area contributed by atoms with Crippen LogP contribution in [0.5, 0.6) is 0 Å². The van der Waals surface area contributed by atoms with E-state index in [0.717, 1.165) is 5.71 Å². The highest BCUT2D eigenvalue weighted by Gasteiger charge is 2.14. The van der Waals surface area contributed by atoms with Crippen LogP contribution in [0, 0.1) is 5.41 Å². The number of aliphatic imine (C=N–C) groups is 1. The number of rotatable bonds is 3. The molecule has 0 aliphatic carbocycles. The second-order valence-electron chi connectivity index (χ2n) is 3.54. The summed E-state index contributed by atoms with van der Waals surface area (Å²) >= 11 is 0. The van der Waals surface area contributed by atoms with E-state index in [1.165, 1.54) is 0 Å². The lowest BCUT2D eigenvalue weighted by Gasteiger charge is -2.17. The molecule has 0 saturated heterocycles. The van der Waals surface area contributed by atoms with Crippen LogP contribution in [0.3, 0.4) is 0 Å². The Balaban J connectivity index is 4.68. The van der Waals surface area contributed by atoms with Gasteiger partial charge in [0.05, 0.1) is 0 Å². The molecule has 0 amide bonds. The van der Waals surface area contributed by atoms with Crippen LogP contribution in [-0.4, -0.2) is 5.71 Å². The van der Waals surface area contributed by atoms with E-state index in [-0.39, 0.29) is 5.41 Å². The Morgan fingerprint density at radius 3 is 2.17 bits per heavy atom. The summed E-state index contributed by atoms with van der Waals surface area (Å²) in [6, 6.07) is 0. The van der Waals surface area contributed by atoms with Gasteiger partial charge in [0, 0.05) is 17.3 Å². The average Bonchev–Trinajstić information content (AvgIpc) is 1.95. The van der Waals surface area contributed by atoms with Gasteiger partial charge in [-0.3, -0.25) is 4.99 Å². The Kier molecular flexibility index (Phi) is 4.27. The second-order valence-corrected chi connectivity index (χ2v) is 3.54. The van der Waals surface area contributed by atoms with Crippen molar-refractivity contribution >= 4 is 5.71 Å². The predicted octanol–water partition coefficient (Wildman–Crippen LogP) is 3.36. The molecule has 12 heavy (non-hydrogen) atoms. The van der Waals surface area contributed by atoms with Crippen molar-refractivity contribution in [1.29, 1.82) is 0 Å². The molecule has 0 radical (unpaired) electrons. The first-order chi connectivity index (χ1) is 5.52. The minimum Gasteiger partial charge on any atom is -0.261 e. The first kappa shape index (κ1) is 10.9. The van der Waals surface area contributed by atoms with Gasteiger partial charge in [0.25, 0.3) is 0 Å². The van der Waals surface area contributed by atoms with E-state index in [1.54, 1.807) is 12.3 Å². The Bertz CT molecular complexity index is 214. The molecular formula is C11H17N. The van der Waals surface area contributed by atoms with Crippen molar-refractivity contribution in [2.45, 2.75) is 20.8 Å². The molecule has 0 N–H and O–H groups in total. The van der Waals surface area contributed by atoms with Crippen molar-refractivity contribution in [2.24, 2.45) is 10.4 Å². The molecule has 0 aromatic rings. The molecular weight excluding hydrogens is 146 g/mol. The van der Waals surface area contributed by atoms with Crippen LogP contribution in [0.2, 0.25) is 0 Å². The molecule has 0 atom stereocenters. The van der Waals surface area contributed by atoms with Crippen molar-refractivity contribution in [3.63, 3.8) is 0 Å². The number of hydrogen-bond acceptors (Lipinski definition) is 1. The zero-order valence-corrected chi connectivity index (χ0v) is 8.17. The summed E-state index contributed by atoms with van der Waals surface area (Å²) in [6.45, 7) is 13.5. The third-order valence-electron chi connectivity index (χ3n) is 1.39. The molecule has 66 valence electrons. The standard InChI is InChI=1S/C11H17N/c1-6-8-9-10(12-7-2)11(3,4)5/h6-9H,1-2H2,3-5H3/b9-8-,12-10?. The van der Waals surface area contributed by atoms with Gasteiger partial charge in [0.2, 0.25) is 0 Å². The maximum atomic E-state index is 4.18. The molecule has 0 aromatic carbocycles. The normalized spacial score (nSPS) is 13.4. The zero-order valence-electron chi connectivity index (χ0n) is 8.17. The number of nitrogens with zero attached hydrogens (tertiary/aromatic N) is 1. The molecule has 0 aliphatic heterocycles. The highest BCUT2D eigenvalue weighted by Crippen LogP contribution is 2.17. The Morgan fingerprint density at radius 1 is 1.25 bits per heavy atom. The fraction of sp³-hybridized carbons (Fsp3) is 0.364. The van der Waals surface area contributed by atoms with Gasteiger partial charge in [-0.05, 0) is 6.08 Å². The predicted molar refractivity (Wildman–Crippen MR) is 56.4 cm³/mol. The summed E-state index contributed by atoms with van der Waals surface area (Å²) in [6.07, 6.45) is 7.14. The highest BCUT2D eigenvalue weighted by atomic mass is 14.7. The quantitative estimate of drug-likeness (QED) is 0.447. The van der Waals surface area contributed by atoms with Gasteiger partial charge in [0.1, 0.15) is 0 Å². The SMILES string of the molecule is C=C/C=C\C(=NC=C)C(C)(C)C. The third kappa shape index (κ3) is 3.91. The highest BCUT2D eigenvalue weighted by molar-refractivity contribution is 5.99. The van der Waals surface area contributed by atoms with Crippen molar-refractivity contribution in [2.75, 3.05) is 0 Å². The molecule has 0 heterocycles. The molecule has 0 fully saturated rings. The van der Waals surface area contributed by atoms with Gasteiger partial charge in [-0.25, -0.2) is 0 Å². The lowest BCUT2D eigenvalue weighted by atomic mass is 9.89. The summed E-state index contributed by atoms with van der Waals surface area (Å²) in [7, 11) is 0. The Labute approximate surface area is 75.2 Å². The third-order valence-corrected chi connectivity index (χ3v) is 1.39. The van der Waals surface area contributed by atoms with E-state index in [4.69, 9.17) is 0 Å². The minimum atomic E-state index is 0.0632. The average molecular weight is 163 g/mol. The molecule has 0 saturated carbocycles. The lowest BCUT2D eigenvalue weighted by Crippen LogP contribution is -2.17. The van der Waals surface area contributed by atoms with E-state index in [1.807, 2.05) is 12.2 Å². The van der Waals surface area contributed by atoms with Crippen LogP contribution < -0.4 is 0 Å². The fourth-order valence-corrected chi connectivity index (χ4v) is 0.744. The molecule has 0 unspecified atom stereocenters. The van der Waals surface area contributed by atoms with Gasteiger partial charge < -0.3 is 0 Å². The van der Waals surface area contributed by atoms with Crippen LogP contribution in [0.4, 0.5) is 0 Å². The molecule has 0 aliphatic rings. The maximum absolute atomic E-state index is 4.18. The van der Waals surface area contributed by atoms with Crippen LogP contribution in [0.25, 0.3) is 0 Å².